The van der Waals surface area contributed by atoms with Gasteiger partial charge in [0.2, 0.25) is 0 Å². The van der Waals surface area contributed by atoms with Crippen LogP contribution in [0, 0.1) is 0 Å². The number of hydrogen-bond donors (Lipinski definition) is 13. The van der Waals surface area contributed by atoms with Crippen molar-refractivity contribution in [3.05, 3.63) is 12.7 Å². The van der Waals surface area contributed by atoms with Crippen molar-refractivity contribution in [2.75, 3.05) is 52.9 Å². The quantitative estimate of drug-likeness (QED) is 0.0222. The van der Waals surface area contributed by atoms with Gasteiger partial charge in [0.15, 0.2) is 102 Å². The lowest BCUT2D eigenvalue weighted by molar-refractivity contribution is -0.397. The highest BCUT2D eigenvalue weighted by atomic mass is 28.4. The van der Waals surface area contributed by atoms with Gasteiger partial charge in [-0.25, -0.2) is 0 Å². The number of allylic oxidation sites excluding steroid dienone is 1. The van der Waals surface area contributed by atoms with Crippen molar-refractivity contribution in [1.29, 1.82) is 0 Å². The van der Waals surface area contributed by atoms with Gasteiger partial charge < -0.3 is 168 Å². The van der Waals surface area contributed by atoms with Gasteiger partial charge in [0.05, 0.1) is 46.2 Å². The third-order valence-corrected chi connectivity index (χ3v) is 62.8. The average Bonchev–Trinajstić information content (AvgIpc) is 0.846. The van der Waals surface area contributed by atoms with Crippen molar-refractivity contribution in [1.82, 2.24) is 0 Å². The fourth-order valence-corrected chi connectivity index (χ4v) is 21.6. The molecular formula is C89H176O35Si7. The van der Waals surface area contributed by atoms with Crippen LogP contribution in [0.15, 0.2) is 12.7 Å². The van der Waals surface area contributed by atoms with E-state index in [0.29, 0.717) is 12.8 Å². The van der Waals surface area contributed by atoms with E-state index in [4.69, 9.17) is 102 Å². The Morgan fingerprint density at radius 3 is 0.519 bits per heavy atom. The Labute approximate surface area is 787 Å². The highest BCUT2D eigenvalue weighted by Crippen LogP contribution is 2.48. The molecule has 131 heavy (non-hydrogen) atoms. The molecule has 0 aliphatic carbocycles. The van der Waals surface area contributed by atoms with E-state index >= 15 is 0 Å². The molecule has 0 unspecified atom stereocenters. The Bertz CT molecular complexity index is 3450. The zero-order valence-electron chi connectivity index (χ0n) is 85.4. The highest BCUT2D eigenvalue weighted by molar-refractivity contribution is 6.76. The number of aliphatic hydroxyl groups excluding tert-OH is 13. The minimum absolute atomic E-state index is 0.0445. The van der Waals surface area contributed by atoms with Gasteiger partial charge in [-0.3, -0.25) is 0 Å². The molecule has 0 aromatic rings. The lowest BCUT2D eigenvalue weighted by atomic mass is 9.95. The number of unbranched alkanes of at least 4 members (excludes halogenated alkanes) is 1. The van der Waals surface area contributed by atoms with Gasteiger partial charge in [-0.1, -0.05) is 151 Å². The largest absolute Gasteiger partial charge is 0.414 e. The fraction of sp³-hybridized carbons (Fsp3) is 0.978. The van der Waals surface area contributed by atoms with Gasteiger partial charge in [-0.05, 0) is 140 Å². The van der Waals surface area contributed by atoms with Crippen LogP contribution in [0.3, 0.4) is 0 Å². The smallest absolute Gasteiger partial charge is 0.192 e. The molecule has 21 saturated heterocycles. The molecule has 0 spiro atoms. The second-order valence-corrected chi connectivity index (χ2v) is 81.8. The molecule has 13 N–H and O–H groups in total. The SMILES string of the molecule is C=CCCCO[C@@H]1[C@@H](O)[C@H]2O[C@H]3[C@@H](O)[C@@H](O)[C@@H](O[C@H]4[C@@H](O)[C@H](O)[C@@H](O[C@H]5[C@H](O)[C@@H](O)[C@@H](O[C@H]6[C@H](O)[C@@H](O)[C@@H](O[C@H]7[C@H](O)[C@@H](O)[C@@H](O[C@H]8[C@H](O)[C@@H](O)[C@@H](O[C@@H]1[C@H](CO[Si](C)(C)C(C)(C)C)O2)O[C@H]8CO[Si](C)(C)C(C)(C)C)O[C@H]7CO[Si](C)(C)C(C)(C)C)O[C@H]6CO[Si](C)(C)C(C)(C)C)O[C@@H]5CO[Si](C)(C)C(C)(C)C)O[C@@H]4CO[Si](C)(C)C(C)(C)C)O[C@@H]3CO[Si](C)(C)C(C)(C)C. The third-order valence-electron chi connectivity index (χ3n) is 31.3. The minimum Gasteiger partial charge on any atom is -0.414 e. The van der Waals surface area contributed by atoms with Gasteiger partial charge in [0.25, 0.3) is 0 Å². The first-order valence-corrected chi connectivity index (χ1v) is 67.5. The summed E-state index contributed by atoms with van der Waals surface area (Å²) in [5.74, 6) is 0. The van der Waals surface area contributed by atoms with E-state index in [1.807, 2.05) is 237 Å². The summed E-state index contributed by atoms with van der Waals surface area (Å²) >= 11 is 0. The Morgan fingerprint density at radius 1 is 0.221 bits per heavy atom. The second kappa shape index (κ2) is 43.8. The summed E-state index contributed by atoms with van der Waals surface area (Å²) in [5, 5.41) is 164. The zero-order valence-corrected chi connectivity index (χ0v) is 92.4. The van der Waals surface area contributed by atoms with Crippen molar-refractivity contribution in [2.45, 2.75) is 500 Å². The third kappa shape index (κ3) is 27.3. The van der Waals surface area contributed by atoms with Crippen LogP contribution in [-0.4, -0.2) is 392 Å². The summed E-state index contributed by atoms with van der Waals surface area (Å²) in [5.41, 5.74) is 0. The first-order chi connectivity index (χ1) is 59.5. The zero-order chi connectivity index (χ0) is 99.5. The topological polar surface area (TPSA) is 466 Å². The molecule has 21 rings (SSSR count). The van der Waals surface area contributed by atoms with Crippen molar-refractivity contribution in [3.63, 3.8) is 0 Å². The minimum atomic E-state index is -2.82. The number of ether oxygens (including phenoxy) is 15. The van der Waals surface area contributed by atoms with E-state index in [1.165, 1.54) is 0 Å². The van der Waals surface area contributed by atoms with E-state index in [2.05, 4.69) is 6.58 Å². The second-order valence-electron chi connectivity index (χ2n) is 48.1. The fourth-order valence-electron chi connectivity index (χ4n) is 14.5. The highest BCUT2D eigenvalue weighted by Gasteiger charge is 2.63. The van der Waals surface area contributed by atoms with Gasteiger partial charge in [0.1, 0.15) is 171 Å². The maximum absolute atomic E-state index is 13.3. The molecule has 0 aromatic carbocycles. The molecule has 0 saturated carbocycles. The van der Waals surface area contributed by atoms with Crippen LogP contribution in [0.4, 0.5) is 0 Å². The maximum Gasteiger partial charge on any atom is 0.192 e. The molecule has 0 radical (unpaired) electrons. The first-order valence-electron chi connectivity index (χ1n) is 47.2. The van der Waals surface area contributed by atoms with E-state index in [0.717, 1.165) is 0 Å². The molecule has 21 aliphatic rings. The van der Waals surface area contributed by atoms with E-state index in [-0.39, 0.29) is 52.9 Å². The molecule has 14 bridgehead atoms. The molecule has 21 fully saturated rings. The summed E-state index contributed by atoms with van der Waals surface area (Å²) in [7, 11) is -19.7. The summed E-state index contributed by atoms with van der Waals surface area (Å²) < 4.78 is 150. The molecule has 21 aliphatic heterocycles. The first kappa shape index (κ1) is 116. The molecule has 0 aromatic heterocycles. The van der Waals surface area contributed by atoms with Gasteiger partial charge in [0, 0.05) is 6.61 Å². The normalized spacial score (nSPS) is 39.4. The van der Waals surface area contributed by atoms with Crippen molar-refractivity contribution in [3.8, 4) is 0 Å². The molecule has 42 heteroatoms. The lowest BCUT2D eigenvalue weighted by Crippen LogP contribution is -2.69. The van der Waals surface area contributed by atoms with Gasteiger partial charge in [-0.2, -0.15) is 0 Å². The molecule has 21 heterocycles. The van der Waals surface area contributed by atoms with Crippen molar-refractivity contribution < 1.29 is 168 Å². The number of hydrogen-bond acceptors (Lipinski definition) is 35. The Balaban J connectivity index is 1.34. The average molecular weight is 2000 g/mol. The van der Waals surface area contributed by atoms with Crippen LogP contribution < -0.4 is 0 Å². The number of rotatable bonds is 26. The van der Waals surface area contributed by atoms with Crippen LogP contribution in [0.1, 0.15) is 158 Å². The monoisotopic (exact) mass is 2000 g/mol. The van der Waals surface area contributed by atoms with Gasteiger partial charge >= 0.3 is 0 Å². The summed E-state index contributed by atoms with van der Waals surface area (Å²) in [4.78, 5) is 0. The van der Waals surface area contributed by atoms with E-state index in [9.17, 15) is 66.4 Å². The van der Waals surface area contributed by atoms with Crippen LogP contribution in [-0.2, 0) is 102 Å². The Kier molecular flexibility index (Phi) is 38.8. The van der Waals surface area contributed by atoms with E-state index < -0.39 is 308 Å². The standard InChI is InChI=1S/C89H176O35Si7/c1-37-38-39-40-103-75-67(102)82-117-54(47-110-131(35,36)89(20,21)22)74(75)124-81-66(101)60(95)72(52(116-81)45-108-129(31,32)87(14,15)16)122-79-64(99)58(93)70(50(114-79)43-106-127(27,28)85(8,9)10)120-77-62(97)56(91)68(48(112-77)41-104-125(23,24)83(2,3)4)118-76-61(96)55(90)69(49(111-76)42-105-126(25,26)84(5,6)7)119-78-63(98)57(92)71(51(113-78)44-107-128(29,30)86(11,12)13)121-80-65(100)59(94)73(123-82)53(115-80)46-109-130(33,34)88(17,18)19/h37,48-82,90-102H,1,38-47H2,2-36H3/t48-,49+,50-,51+,52-,53+,54-,55+,56+,57-,58+,59-,60+,61+,62+,63-,64+,65+,66+,67+,68+,69+,70+,71+,72+,73+,74+,75+,76+,77+,78+,79+,80+,81+,82+/m0/s1. The van der Waals surface area contributed by atoms with Crippen LogP contribution in [0.25, 0.3) is 0 Å². The molecule has 770 valence electrons. The Hall–Kier alpha value is -0.142. The van der Waals surface area contributed by atoms with Crippen LogP contribution in [0.5, 0.6) is 0 Å². The summed E-state index contributed by atoms with van der Waals surface area (Å²) in [6, 6.07) is 0. The lowest BCUT2D eigenvalue weighted by Gasteiger charge is -2.51. The number of aliphatic hydroxyl groups is 13. The molecule has 0 amide bonds. The summed E-state index contributed by atoms with van der Waals surface area (Å²) in [6.45, 7) is 71.6. The summed E-state index contributed by atoms with van der Waals surface area (Å²) in [6.07, 6.45) is -60.9. The Morgan fingerprint density at radius 2 is 0.366 bits per heavy atom. The van der Waals surface area contributed by atoms with Crippen LogP contribution in [0.2, 0.25) is 127 Å². The molecular weight excluding hydrogens is 1830 g/mol. The molecule has 35 nitrogen and oxygen atoms in total. The van der Waals surface area contributed by atoms with Crippen LogP contribution >= 0.6 is 0 Å². The maximum atomic E-state index is 13.3. The molecule has 35 atom stereocenters. The van der Waals surface area contributed by atoms with Crippen molar-refractivity contribution >= 4 is 58.2 Å². The van der Waals surface area contributed by atoms with Gasteiger partial charge in [-0.15, -0.1) is 6.58 Å². The predicted molar refractivity (Wildman–Crippen MR) is 504 cm³/mol. The van der Waals surface area contributed by atoms with E-state index in [1.54, 1.807) is 6.08 Å². The van der Waals surface area contributed by atoms with Crippen molar-refractivity contribution in [2.24, 2.45) is 0 Å². The predicted octanol–water partition coefficient (Wildman–Crippen LogP) is 7.97.